The zero-order valence-electron chi connectivity index (χ0n) is 21.8. The van der Waals surface area contributed by atoms with Crippen LogP contribution in [0.1, 0.15) is 80.8 Å². The molecule has 0 saturated heterocycles. The number of carboxylic acids is 1. The average Bonchev–Trinajstić information content (AvgIpc) is 2.80. The summed E-state index contributed by atoms with van der Waals surface area (Å²) < 4.78 is 6.05. The van der Waals surface area contributed by atoms with Crippen molar-refractivity contribution in [1.29, 1.82) is 0 Å². The lowest BCUT2D eigenvalue weighted by molar-refractivity contribution is -0.119. The largest absolute Gasteiger partial charge is 0.489 e. The van der Waals surface area contributed by atoms with Crippen molar-refractivity contribution in [1.82, 2.24) is 5.32 Å². The van der Waals surface area contributed by atoms with Gasteiger partial charge in [-0.1, -0.05) is 52.0 Å². The van der Waals surface area contributed by atoms with Gasteiger partial charge in [-0.3, -0.25) is 9.59 Å². The Hall–Kier alpha value is -3.67. The van der Waals surface area contributed by atoms with Crippen LogP contribution in [0, 0.1) is 10.8 Å². The lowest BCUT2D eigenvalue weighted by atomic mass is 9.64. The highest BCUT2D eigenvalue weighted by atomic mass is 16.5. The van der Waals surface area contributed by atoms with E-state index in [1.165, 1.54) is 0 Å². The smallest absolute Gasteiger partial charge is 0.335 e. The molecule has 2 aromatic rings. The number of hydrogen-bond acceptors (Lipinski definition) is 5. The van der Waals surface area contributed by atoms with E-state index < -0.39 is 11.9 Å². The van der Waals surface area contributed by atoms with Gasteiger partial charge < -0.3 is 15.2 Å². The van der Waals surface area contributed by atoms with Crippen LogP contribution < -0.4 is 10.1 Å². The van der Waals surface area contributed by atoms with Crippen LogP contribution in [0.15, 0.2) is 71.1 Å². The predicted molar refractivity (Wildman–Crippen MR) is 140 cm³/mol. The van der Waals surface area contributed by atoms with E-state index in [1.54, 1.807) is 24.3 Å². The van der Waals surface area contributed by atoms with Gasteiger partial charge in [-0.05, 0) is 59.1 Å². The predicted octanol–water partition coefficient (Wildman–Crippen LogP) is 5.94. The fourth-order valence-electron chi connectivity index (χ4n) is 5.92. The molecule has 0 fully saturated rings. The Morgan fingerprint density at radius 2 is 1.46 bits per heavy atom. The highest BCUT2D eigenvalue weighted by molar-refractivity contribution is 6.06. The molecule has 0 radical (unpaired) electrons. The molecule has 6 heteroatoms. The van der Waals surface area contributed by atoms with Gasteiger partial charge in [0, 0.05) is 41.3 Å². The topological polar surface area (TPSA) is 92.7 Å². The Morgan fingerprint density at radius 1 is 0.892 bits per heavy atom. The van der Waals surface area contributed by atoms with Gasteiger partial charge in [-0.25, -0.2) is 4.79 Å². The van der Waals surface area contributed by atoms with Gasteiger partial charge in [-0.15, -0.1) is 0 Å². The summed E-state index contributed by atoms with van der Waals surface area (Å²) in [5.41, 5.74) is 5.00. The number of nitrogens with one attached hydrogen (secondary N) is 1. The molecule has 2 aliphatic carbocycles. The first-order chi connectivity index (χ1) is 17.4. The highest BCUT2D eigenvalue weighted by Gasteiger charge is 2.46. The van der Waals surface area contributed by atoms with Crippen molar-refractivity contribution in [2.45, 2.75) is 65.9 Å². The summed E-state index contributed by atoms with van der Waals surface area (Å²) in [4.78, 5) is 38.1. The number of rotatable bonds is 5. The van der Waals surface area contributed by atoms with Crippen molar-refractivity contribution in [2.75, 3.05) is 0 Å². The zero-order valence-corrected chi connectivity index (χ0v) is 21.8. The Morgan fingerprint density at radius 3 is 2.00 bits per heavy atom. The number of benzene rings is 2. The van der Waals surface area contributed by atoms with Crippen molar-refractivity contribution in [3.8, 4) is 5.75 Å². The SMILES string of the molecule is CC1(C)CC(=O)C2=C(C1)NC1=C(C(=O)CC(C)(C)C1)C2c1cccc(OCc2ccc(C(=O)O)cc2)c1. The molecular formula is C31H33NO5. The molecule has 1 aliphatic heterocycles. The minimum absolute atomic E-state index is 0.0952. The summed E-state index contributed by atoms with van der Waals surface area (Å²) >= 11 is 0. The van der Waals surface area contributed by atoms with E-state index in [9.17, 15) is 14.4 Å². The zero-order chi connectivity index (χ0) is 26.5. The molecule has 0 saturated carbocycles. The van der Waals surface area contributed by atoms with Gasteiger partial charge in [0.25, 0.3) is 0 Å². The van der Waals surface area contributed by atoms with Crippen LogP contribution in [-0.2, 0) is 16.2 Å². The van der Waals surface area contributed by atoms with E-state index in [-0.39, 0.29) is 34.6 Å². The third-order valence-corrected chi connectivity index (χ3v) is 7.52. The van der Waals surface area contributed by atoms with Crippen LogP contribution in [0.4, 0.5) is 0 Å². The maximum atomic E-state index is 13.5. The molecule has 1 heterocycles. The molecule has 0 spiro atoms. The summed E-state index contributed by atoms with van der Waals surface area (Å²) in [5, 5.41) is 12.7. The first kappa shape index (κ1) is 25.0. The number of allylic oxidation sites excluding steroid dienone is 4. The monoisotopic (exact) mass is 499 g/mol. The molecule has 0 amide bonds. The molecule has 0 bridgehead atoms. The Labute approximate surface area is 217 Å². The second-order valence-corrected chi connectivity index (χ2v) is 12.1. The summed E-state index contributed by atoms with van der Waals surface area (Å²) in [5.74, 6) is -0.548. The molecule has 2 aromatic carbocycles. The van der Waals surface area contributed by atoms with E-state index in [2.05, 4.69) is 33.0 Å². The molecule has 5 rings (SSSR count). The highest BCUT2D eigenvalue weighted by Crippen LogP contribution is 2.51. The normalized spacial score (nSPS) is 20.8. The maximum Gasteiger partial charge on any atom is 0.335 e. The van der Waals surface area contributed by atoms with Gasteiger partial charge in [0.05, 0.1) is 5.56 Å². The molecule has 0 atom stereocenters. The second-order valence-electron chi connectivity index (χ2n) is 12.1. The lowest BCUT2D eigenvalue weighted by Crippen LogP contribution is -2.42. The lowest BCUT2D eigenvalue weighted by Gasteiger charge is -2.44. The number of dihydropyridines is 1. The first-order valence-corrected chi connectivity index (χ1v) is 12.8. The molecule has 37 heavy (non-hydrogen) atoms. The number of carbonyl (C=O) groups is 3. The van der Waals surface area contributed by atoms with E-state index in [0.717, 1.165) is 35.4 Å². The second kappa shape index (κ2) is 9.02. The Kier molecular flexibility index (Phi) is 6.09. The molecule has 0 unspecified atom stereocenters. The minimum Gasteiger partial charge on any atom is -0.489 e. The molecule has 6 nitrogen and oxygen atoms in total. The summed E-state index contributed by atoms with van der Waals surface area (Å²) in [6, 6.07) is 14.2. The molecule has 192 valence electrons. The van der Waals surface area contributed by atoms with Crippen molar-refractivity contribution >= 4 is 17.5 Å². The van der Waals surface area contributed by atoms with Crippen LogP contribution in [0.5, 0.6) is 5.75 Å². The standard InChI is InChI=1S/C31H33NO5/c1-30(2)13-22-27(24(33)15-30)26(28-23(32-22)14-31(3,4)16-25(28)34)20-6-5-7-21(12-20)37-17-18-8-10-19(11-9-18)29(35)36/h5-12,26,32H,13-17H2,1-4H3,(H,35,36). The fraction of sp³-hybridized carbons (Fsp3) is 0.387. The van der Waals surface area contributed by atoms with Gasteiger partial charge in [0.15, 0.2) is 11.6 Å². The quantitative estimate of drug-likeness (QED) is 0.529. The van der Waals surface area contributed by atoms with Crippen LogP contribution in [-0.4, -0.2) is 22.6 Å². The Balaban J connectivity index is 1.50. The van der Waals surface area contributed by atoms with Crippen LogP contribution in [0.25, 0.3) is 0 Å². The molecular weight excluding hydrogens is 466 g/mol. The molecule has 3 aliphatic rings. The van der Waals surface area contributed by atoms with Gasteiger partial charge in [0.1, 0.15) is 12.4 Å². The van der Waals surface area contributed by atoms with E-state index in [0.29, 0.717) is 29.7 Å². The summed E-state index contributed by atoms with van der Waals surface area (Å²) in [7, 11) is 0. The van der Waals surface area contributed by atoms with Gasteiger partial charge >= 0.3 is 5.97 Å². The Bertz CT molecular complexity index is 1310. The summed E-state index contributed by atoms with van der Waals surface area (Å²) in [6.45, 7) is 8.73. The van der Waals surface area contributed by atoms with Gasteiger partial charge in [0.2, 0.25) is 0 Å². The number of hydrogen-bond donors (Lipinski definition) is 2. The van der Waals surface area contributed by atoms with Crippen LogP contribution in [0.2, 0.25) is 0 Å². The minimum atomic E-state index is -0.967. The maximum absolute atomic E-state index is 13.5. The van der Waals surface area contributed by atoms with Gasteiger partial charge in [-0.2, -0.15) is 0 Å². The van der Waals surface area contributed by atoms with Crippen LogP contribution in [0.3, 0.4) is 0 Å². The van der Waals surface area contributed by atoms with Crippen molar-refractivity contribution < 1.29 is 24.2 Å². The first-order valence-electron chi connectivity index (χ1n) is 12.8. The fourth-order valence-corrected chi connectivity index (χ4v) is 5.92. The third kappa shape index (κ3) is 4.97. The number of ketones is 2. The third-order valence-electron chi connectivity index (χ3n) is 7.52. The van der Waals surface area contributed by atoms with E-state index in [1.807, 2.05) is 24.3 Å². The van der Waals surface area contributed by atoms with Crippen molar-refractivity contribution in [3.63, 3.8) is 0 Å². The number of carboxylic acid groups (broad SMARTS) is 1. The van der Waals surface area contributed by atoms with Crippen molar-refractivity contribution in [3.05, 3.63) is 87.8 Å². The van der Waals surface area contributed by atoms with Crippen molar-refractivity contribution in [2.24, 2.45) is 10.8 Å². The molecule has 2 N–H and O–H groups in total. The number of ether oxygens (including phenoxy) is 1. The molecule has 0 aromatic heterocycles. The average molecular weight is 500 g/mol. The number of aromatic carboxylic acids is 1. The summed E-state index contributed by atoms with van der Waals surface area (Å²) in [6.07, 6.45) is 2.43. The number of Topliss-reactive ketones (excluding diaryl/α,β-unsaturated/α-hetero) is 2. The van der Waals surface area contributed by atoms with Crippen LogP contribution >= 0.6 is 0 Å². The van der Waals surface area contributed by atoms with E-state index >= 15 is 0 Å². The number of carbonyl (C=O) groups excluding carboxylic acids is 2. The van der Waals surface area contributed by atoms with E-state index in [4.69, 9.17) is 9.84 Å².